The van der Waals surface area contributed by atoms with Crippen LogP contribution < -0.4 is 0 Å². The van der Waals surface area contributed by atoms with E-state index in [4.69, 9.17) is 5.11 Å². The third-order valence-corrected chi connectivity index (χ3v) is 2.37. The van der Waals surface area contributed by atoms with Gasteiger partial charge in [-0.05, 0) is 0 Å². The Balaban J connectivity index is 0. The second-order valence-corrected chi connectivity index (χ2v) is 9.98. The molecule has 0 aliphatic rings. The Morgan fingerprint density at radius 3 is 1.91 bits per heavy atom. The molecule has 0 aromatic heterocycles. The number of rotatable bonds is 2. The molecule has 0 aromatic carbocycles. The van der Waals surface area contributed by atoms with Gasteiger partial charge >= 0.3 is 5.97 Å². The molecule has 2 nitrogen and oxygen atoms in total. The van der Waals surface area contributed by atoms with E-state index < -0.39 is 12.9 Å². The van der Waals surface area contributed by atoms with Gasteiger partial charge in [-0.1, -0.05) is 63.7 Å². The Morgan fingerprint density at radius 2 is 1.82 bits per heavy atom. The molecule has 1 N–H and O–H groups in total. The fraction of sp³-hybridized carbons (Fsp3) is 0.750. The molecule has 1 atom stereocenters. The zero-order valence-corrected chi connectivity index (χ0v) is 12.2. The van der Waals surface area contributed by atoms with Gasteiger partial charge in [-0.2, -0.15) is 0 Å². The fourth-order valence-electron chi connectivity index (χ4n) is 0.291. The molecule has 11 heavy (non-hydrogen) atoms. The third kappa shape index (κ3) is 9.60. The van der Waals surface area contributed by atoms with Gasteiger partial charge in [0.25, 0.3) is 0 Å². The number of carbonyl (C=O) groups is 1. The molecule has 0 aliphatic heterocycles. The molecular weight excluding hydrogens is 435 g/mol. The maximum Gasteiger partial charge on any atom is 0.317 e. The van der Waals surface area contributed by atoms with Gasteiger partial charge in [0.2, 0.25) is 0 Å². The van der Waals surface area contributed by atoms with E-state index >= 15 is 0 Å². The van der Waals surface area contributed by atoms with Gasteiger partial charge in [-0.15, -0.1) is 12.4 Å². The topological polar surface area (TPSA) is 37.3 Å². The van der Waals surface area contributed by atoms with Crippen molar-refractivity contribution in [2.24, 2.45) is 0 Å². The van der Waals surface area contributed by atoms with Gasteiger partial charge in [0.05, 0.1) is 0 Å². The van der Waals surface area contributed by atoms with E-state index in [1.807, 2.05) is 0 Å². The monoisotopic (exact) mass is 436 g/mol. The molecule has 68 valence electrons. The van der Waals surface area contributed by atoms with Crippen LogP contribution in [0.1, 0.15) is 6.42 Å². The summed E-state index contributed by atoms with van der Waals surface area (Å²) in [7, 11) is 0. The molecule has 0 heterocycles. The second kappa shape index (κ2) is 6.18. The quantitative estimate of drug-likeness (QED) is 0.668. The van der Waals surface area contributed by atoms with Gasteiger partial charge in [0.1, 0.15) is 6.97 Å². The van der Waals surface area contributed by atoms with Crippen LogP contribution in [0.15, 0.2) is 0 Å². The third-order valence-electron chi connectivity index (χ3n) is 0.679. The van der Waals surface area contributed by atoms with E-state index in [1.165, 1.54) is 0 Å². The summed E-state index contributed by atoms with van der Waals surface area (Å²) in [5.41, 5.74) is 0. The summed E-state index contributed by atoms with van der Waals surface area (Å²) in [6.45, 7) is 0. The summed E-state index contributed by atoms with van der Waals surface area (Å²) in [5.74, 6) is -0.872. The minimum Gasteiger partial charge on any atom is -0.480 e. The molecule has 7 heteroatoms. The first-order valence-corrected chi connectivity index (χ1v) is 5.56. The highest BCUT2D eigenvalue weighted by Crippen LogP contribution is 2.39. The normalized spacial score (nSPS) is 13.5. The smallest absolute Gasteiger partial charge is 0.317 e. The van der Waals surface area contributed by atoms with Crippen molar-refractivity contribution in [1.29, 1.82) is 0 Å². The first-order valence-electron chi connectivity index (χ1n) is 2.26. The van der Waals surface area contributed by atoms with Crippen molar-refractivity contribution in [2.45, 2.75) is 13.4 Å². The number of carboxylic acids is 1. The summed E-state index contributed by atoms with van der Waals surface area (Å²) in [5, 5.41) is 8.44. The summed E-state index contributed by atoms with van der Waals surface area (Å²) in [6.07, 6.45) is 0.405. The predicted octanol–water partition coefficient (Wildman–Crippen LogP) is 3.48. The summed E-state index contributed by atoms with van der Waals surface area (Å²) in [4.78, 5) is 9.72. The second-order valence-electron chi connectivity index (χ2n) is 1.63. The number of carboxylic acid groups (broad SMARTS) is 1. The number of halogens is 5. The average Bonchev–Trinajstić information content (AvgIpc) is 1.60. The molecule has 0 fully saturated rings. The summed E-state index contributed by atoms with van der Waals surface area (Å²) in [6, 6.07) is 0. The summed E-state index contributed by atoms with van der Waals surface area (Å²) >= 11 is 12.6. The molecule has 0 aliphatic carbocycles. The highest BCUT2D eigenvalue weighted by atomic mass is 80.0. The van der Waals surface area contributed by atoms with Crippen LogP contribution in [0.25, 0.3) is 0 Å². The molecular formula is C4H5Br4ClO2. The molecule has 0 bridgehead atoms. The van der Waals surface area contributed by atoms with Crippen molar-refractivity contribution in [1.82, 2.24) is 0 Å². The standard InChI is InChI=1S/C4H4Br4O2.ClH/c5-2(3(9)10)1-4(6,7)8;/h2H,1H2,(H,9,10);1H. The van der Waals surface area contributed by atoms with Gasteiger partial charge in [-0.25, -0.2) is 0 Å². The number of alkyl halides is 4. The molecule has 0 aromatic rings. The van der Waals surface area contributed by atoms with Crippen LogP contribution in [0.4, 0.5) is 0 Å². The van der Waals surface area contributed by atoms with Crippen molar-refractivity contribution in [3.8, 4) is 0 Å². The Bertz CT molecular complexity index is 135. The van der Waals surface area contributed by atoms with Crippen LogP contribution in [-0.4, -0.2) is 18.0 Å². The van der Waals surface area contributed by atoms with Gasteiger partial charge in [0.15, 0.2) is 0 Å². The molecule has 0 saturated carbocycles. The van der Waals surface area contributed by atoms with Crippen LogP contribution in [0.5, 0.6) is 0 Å². The Hall–Kier alpha value is 1.68. The first-order chi connectivity index (χ1) is 4.33. The fourth-order valence-corrected chi connectivity index (χ4v) is 3.05. The molecule has 0 saturated heterocycles. The van der Waals surface area contributed by atoms with Crippen LogP contribution in [-0.2, 0) is 4.79 Å². The van der Waals surface area contributed by atoms with Crippen LogP contribution in [0.3, 0.4) is 0 Å². The van der Waals surface area contributed by atoms with Crippen LogP contribution >= 0.6 is 76.1 Å². The lowest BCUT2D eigenvalue weighted by Gasteiger charge is -2.12. The zero-order valence-electron chi connectivity index (χ0n) is 5.06. The maximum absolute atomic E-state index is 10.3. The van der Waals surface area contributed by atoms with Crippen LogP contribution in [0, 0.1) is 0 Å². The highest BCUT2D eigenvalue weighted by Gasteiger charge is 2.26. The molecule has 0 amide bonds. The Kier molecular flexibility index (Phi) is 8.52. The lowest BCUT2D eigenvalue weighted by molar-refractivity contribution is -0.136. The number of aliphatic carboxylic acids is 1. The molecule has 0 rings (SSSR count). The van der Waals surface area contributed by atoms with Crippen molar-refractivity contribution in [2.75, 3.05) is 0 Å². The predicted molar refractivity (Wildman–Crippen MR) is 61.7 cm³/mol. The number of hydrogen-bond donors (Lipinski definition) is 1. The van der Waals surface area contributed by atoms with E-state index in [9.17, 15) is 4.79 Å². The van der Waals surface area contributed by atoms with E-state index in [0.717, 1.165) is 0 Å². The Labute approximate surface area is 104 Å². The average molecular weight is 440 g/mol. The van der Waals surface area contributed by atoms with Gasteiger partial charge < -0.3 is 5.11 Å². The SMILES string of the molecule is Cl.O=C(O)C(Br)CC(Br)(Br)Br. The van der Waals surface area contributed by atoms with Gasteiger partial charge in [-0.3, -0.25) is 4.79 Å². The molecule has 0 spiro atoms. The van der Waals surface area contributed by atoms with Crippen molar-refractivity contribution < 1.29 is 9.90 Å². The number of hydrogen-bond acceptors (Lipinski definition) is 1. The first kappa shape index (κ1) is 15.2. The van der Waals surface area contributed by atoms with Crippen LogP contribution in [0.2, 0.25) is 0 Å². The largest absolute Gasteiger partial charge is 0.480 e. The van der Waals surface area contributed by atoms with E-state index in [2.05, 4.69) is 63.7 Å². The van der Waals surface area contributed by atoms with Crippen molar-refractivity contribution in [3.05, 3.63) is 0 Å². The Morgan fingerprint density at radius 1 is 1.45 bits per heavy atom. The van der Waals surface area contributed by atoms with E-state index in [0.29, 0.717) is 6.42 Å². The van der Waals surface area contributed by atoms with E-state index in [-0.39, 0.29) is 12.4 Å². The lowest BCUT2D eigenvalue weighted by atomic mass is 10.3. The summed E-state index contributed by atoms with van der Waals surface area (Å²) < 4.78 is -0.487. The van der Waals surface area contributed by atoms with Crippen molar-refractivity contribution >= 4 is 82.1 Å². The minimum atomic E-state index is -0.872. The molecule has 1 unspecified atom stereocenters. The van der Waals surface area contributed by atoms with E-state index in [1.54, 1.807) is 0 Å². The van der Waals surface area contributed by atoms with Crippen molar-refractivity contribution in [3.63, 3.8) is 0 Å². The van der Waals surface area contributed by atoms with Gasteiger partial charge in [0, 0.05) is 6.42 Å². The minimum absolute atomic E-state index is 0. The maximum atomic E-state index is 10.3. The molecule has 0 radical (unpaired) electrons. The lowest BCUT2D eigenvalue weighted by Crippen LogP contribution is -2.18. The highest BCUT2D eigenvalue weighted by molar-refractivity contribution is 9.39. The zero-order chi connectivity index (χ0) is 8.36.